The summed E-state index contributed by atoms with van der Waals surface area (Å²) in [5, 5.41) is 5.51. The molecule has 0 aromatic carbocycles. The average Bonchev–Trinajstić information content (AvgIpc) is 2.80. The normalized spacial score (nSPS) is 10.1. The Morgan fingerprint density at radius 2 is 2.11 bits per heavy atom. The summed E-state index contributed by atoms with van der Waals surface area (Å²) in [5.74, 6) is -0.0686. The van der Waals surface area contributed by atoms with Gasteiger partial charge in [-0.05, 0) is 6.07 Å². The van der Waals surface area contributed by atoms with E-state index in [0.717, 1.165) is 0 Å². The highest BCUT2D eigenvalue weighted by molar-refractivity contribution is 7.71. The number of esters is 1. The maximum Gasteiger partial charge on any atom is 0.343 e. The van der Waals surface area contributed by atoms with Crippen molar-refractivity contribution < 1.29 is 14.3 Å². The van der Waals surface area contributed by atoms with E-state index in [-0.39, 0.29) is 10.2 Å². The van der Waals surface area contributed by atoms with Gasteiger partial charge in [-0.2, -0.15) is 0 Å². The van der Waals surface area contributed by atoms with Crippen molar-refractivity contribution in [1.82, 2.24) is 15.2 Å². The molecule has 0 atom stereocenters. The highest BCUT2D eigenvalue weighted by Crippen LogP contribution is 2.22. The molecule has 0 fully saturated rings. The number of hydrogen-bond acceptors (Lipinski definition) is 5. The first-order valence-electron chi connectivity index (χ1n) is 5.07. The first kappa shape index (κ1) is 12.3. The Labute approximate surface area is 108 Å². The quantitative estimate of drug-likeness (QED) is 0.654. The number of hydrogen-bond donors (Lipinski definition) is 2. The van der Waals surface area contributed by atoms with Crippen LogP contribution in [0.3, 0.4) is 0 Å². The van der Waals surface area contributed by atoms with Crippen LogP contribution in [0.25, 0.3) is 11.4 Å². The minimum Gasteiger partial charge on any atom is -0.481 e. The molecule has 0 saturated heterocycles. The molecule has 2 rings (SSSR count). The fourth-order valence-electron chi connectivity index (χ4n) is 1.51. The van der Waals surface area contributed by atoms with Gasteiger partial charge in [-0.25, -0.2) is 9.78 Å². The number of nitrogens with one attached hydrogen (secondary N) is 2. The van der Waals surface area contributed by atoms with E-state index in [0.29, 0.717) is 17.3 Å². The van der Waals surface area contributed by atoms with Gasteiger partial charge in [0.2, 0.25) is 5.88 Å². The zero-order valence-corrected chi connectivity index (χ0v) is 10.6. The molecule has 0 bridgehead atoms. The van der Waals surface area contributed by atoms with E-state index in [4.69, 9.17) is 17.0 Å². The maximum atomic E-state index is 11.7. The lowest BCUT2D eigenvalue weighted by Gasteiger charge is -2.03. The maximum absolute atomic E-state index is 11.7. The van der Waals surface area contributed by atoms with Crippen LogP contribution in [0.15, 0.2) is 18.2 Å². The molecular weight excluding hydrogens is 254 g/mol. The predicted molar refractivity (Wildman–Crippen MR) is 67.1 cm³/mol. The van der Waals surface area contributed by atoms with E-state index in [1.165, 1.54) is 14.2 Å². The van der Waals surface area contributed by atoms with Crippen LogP contribution in [0, 0.1) is 4.64 Å². The van der Waals surface area contributed by atoms with Gasteiger partial charge >= 0.3 is 5.97 Å². The van der Waals surface area contributed by atoms with E-state index in [9.17, 15) is 4.79 Å². The molecule has 0 spiro atoms. The van der Waals surface area contributed by atoms with Gasteiger partial charge in [0.1, 0.15) is 10.2 Å². The Balaban J connectivity index is 2.57. The van der Waals surface area contributed by atoms with Crippen LogP contribution in [0.5, 0.6) is 5.88 Å². The van der Waals surface area contributed by atoms with Gasteiger partial charge in [0.15, 0.2) is 0 Å². The molecule has 6 nitrogen and oxygen atoms in total. The van der Waals surface area contributed by atoms with Gasteiger partial charge in [-0.1, -0.05) is 18.3 Å². The van der Waals surface area contributed by atoms with E-state index < -0.39 is 5.97 Å². The standard InChI is InChI=1S/C11H11N3O3S/c1-16-7-5-3-4-6(12-7)9-8(11(15)17-2)10(18)14-13-9/h3-5H,1-2H3,(H2,13,14,18). The summed E-state index contributed by atoms with van der Waals surface area (Å²) in [6, 6.07) is 5.22. The number of rotatable bonds is 3. The number of aromatic nitrogens is 3. The second-order valence-corrected chi connectivity index (χ2v) is 3.79. The first-order chi connectivity index (χ1) is 8.67. The molecule has 7 heteroatoms. The minimum absolute atomic E-state index is 0.258. The number of methoxy groups -OCH3 is 2. The zero-order valence-electron chi connectivity index (χ0n) is 9.81. The van der Waals surface area contributed by atoms with Gasteiger partial charge in [0.05, 0.1) is 25.6 Å². The van der Waals surface area contributed by atoms with Crippen molar-refractivity contribution in [3.05, 3.63) is 28.4 Å². The van der Waals surface area contributed by atoms with Crippen LogP contribution in [-0.2, 0) is 4.74 Å². The summed E-state index contributed by atoms with van der Waals surface area (Å²) in [7, 11) is 2.82. The van der Waals surface area contributed by atoms with Crippen LogP contribution in [0.1, 0.15) is 10.4 Å². The Hall–Kier alpha value is -2.15. The molecule has 0 unspecified atom stereocenters. The lowest BCUT2D eigenvalue weighted by molar-refractivity contribution is 0.0601. The van der Waals surface area contributed by atoms with Gasteiger partial charge in [0.25, 0.3) is 0 Å². The Morgan fingerprint density at radius 1 is 1.33 bits per heavy atom. The molecule has 2 N–H and O–H groups in total. The van der Waals surface area contributed by atoms with Crippen LogP contribution >= 0.6 is 12.2 Å². The van der Waals surface area contributed by atoms with Crippen LogP contribution in [0.4, 0.5) is 0 Å². The van der Waals surface area contributed by atoms with Gasteiger partial charge in [-0.15, -0.1) is 0 Å². The van der Waals surface area contributed by atoms with Crippen LogP contribution in [0.2, 0.25) is 0 Å². The summed E-state index contributed by atoms with van der Waals surface area (Å²) >= 11 is 5.03. The number of nitrogens with zero attached hydrogens (tertiary/aromatic N) is 1. The minimum atomic E-state index is -0.517. The van der Waals surface area contributed by atoms with Crippen molar-refractivity contribution in [2.24, 2.45) is 0 Å². The fraction of sp³-hybridized carbons (Fsp3) is 0.182. The lowest BCUT2D eigenvalue weighted by Crippen LogP contribution is -2.03. The molecule has 94 valence electrons. The monoisotopic (exact) mass is 265 g/mol. The molecule has 0 radical (unpaired) electrons. The second kappa shape index (κ2) is 5.01. The van der Waals surface area contributed by atoms with Crippen LogP contribution < -0.4 is 4.74 Å². The third-order valence-corrected chi connectivity index (χ3v) is 2.66. The number of aromatic amines is 2. The zero-order chi connectivity index (χ0) is 13.1. The van der Waals surface area contributed by atoms with Crippen molar-refractivity contribution in [2.45, 2.75) is 0 Å². The van der Waals surface area contributed by atoms with E-state index in [1.54, 1.807) is 18.2 Å². The third kappa shape index (κ3) is 2.12. The Morgan fingerprint density at radius 3 is 2.78 bits per heavy atom. The van der Waals surface area contributed by atoms with Crippen molar-refractivity contribution in [3.8, 4) is 17.3 Å². The lowest BCUT2D eigenvalue weighted by atomic mass is 10.2. The molecule has 0 aliphatic heterocycles. The van der Waals surface area contributed by atoms with Gasteiger partial charge in [0, 0.05) is 6.07 Å². The topological polar surface area (TPSA) is 80.0 Å². The summed E-state index contributed by atoms with van der Waals surface area (Å²) in [6.45, 7) is 0. The number of carbonyl (C=O) groups excluding carboxylic acids is 1. The average molecular weight is 265 g/mol. The molecular formula is C11H11N3O3S. The summed E-state index contributed by atoms with van der Waals surface area (Å²) in [5.41, 5.74) is 1.28. The number of pyridine rings is 1. The molecule has 2 aromatic heterocycles. The molecule has 0 amide bonds. The first-order valence-corrected chi connectivity index (χ1v) is 5.48. The highest BCUT2D eigenvalue weighted by Gasteiger charge is 2.18. The van der Waals surface area contributed by atoms with E-state index in [2.05, 4.69) is 19.9 Å². The van der Waals surface area contributed by atoms with E-state index >= 15 is 0 Å². The number of H-pyrrole nitrogens is 2. The molecule has 0 aliphatic rings. The van der Waals surface area contributed by atoms with Crippen molar-refractivity contribution in [2.75, 3.05) is 14.2 Å². The van der Waals surface area contributed by atoms with Crippen molar-refractivity contribution >= 4 is 18.2 Å². The Kier molecular flexibility index (Phi) is 3.42. The number of carbonyl (C=O) groups is 1. The smallest absolute Gasteiger partial charge is 0.343 e. The second-order valence-electron chi connectivity index (χ2n) is 3.39. The molecule has 2 aromatic rings. The largest absolute Gasteiger partial charge is 0.481 e. The van der Waals surface area contributed by atoms with Crippen LogP contribution in [-0.4, -0.2) is 35.4 Å². The van der Waals surface area contributed by atoms with Crippen molar-refractivity contribution in [3.63, 3.8) is 0 Å². The summed E-state index contributed by atoms with van der Waals surface area (Å²) in [6.07, 6.45) is 0. The molecule has 0 saturated carbocycles. The van der Waals surface area contributed by atoms with Crippen molar-refractivity contribution in [1.29, 1.82) is 0 Å². The molecule has 2 heterocycles. The van der Waals surface area contributed by atoms with Gasteiger partial charge < -0.3 is 9.47 Å². The molecule has 0 aliphatic carbocycles. The SMILES string of the molecule is COC(=O)c1c(-c2cccc(OC)n2)[nH][nH]c1=S. The Bertz CT molecular complexity index is 632. The van der Waals surface area contributed by atoms with Gasteiger partial charge in [-0.3, -0.25) is 10.2 Å². The summed E-state index contributed by atoms with van der Waals surface area (Å²) in [4.78, 5) is 15.9. The van der Waals surface area contributed by atoms with E-state index in [1.807, 2.05) is 0 Å². The summed E-state index contributed by atoms with van der Waals surface area (Å²) < 4.78 is 10.0. The highest BCUT2D eigenvalue weighted by atomic mass is 32.1. The predicted octanol–water partition coefficient (Wildman–Crippen LogP) is 1.93. The molecule has 18 heavy (non-hydrogen) atoms. The third-order valence-electron chi connectivity index (χ3n) is 2.36. The number of ether oxygens (including phenoxy) is 2. The fourth-order valence-corrected chi connectivity index (χ4v) is 1.75.